The average Bonchev–Trinajstić information content (AvgIpc) is 3.41. The molecule has 1 saturated heterocycles. The van der Waals surface area contributed by atoms with Crippen LogP contribution in [0.25, 0.3) is 0 Å². The van der Waals surface area contributed by atoms with Crippen LogP contribution in [-0.2, 0) is 20.0 Å². The van der Waals surface area contributed by atoms with Gasteiger partial charge in [0.05, 0.1) is 28.3 Å². The zero-order valence-corrected chi connectivity index (χ0v) is 22.4. The van der Waals surface area contributed by atoms with Crippen LogP contribution in [0, 0.1) is 13.8 Å². The molecule has 1 aliphatic heterocycles. The molecular formula is C26H29N3O6S2. The van der Waals surface area contributed by atoms with E-state index in [0.717, 1.165) is 18.4 Å². The van der Waals surface area contributed by atoms with Gasteiger partial charge in [-0.15, -0.1) is 0 Å². The predicted octanol–water partition coefficient (Wildman–Crippen LogP) is 4.15. The third-order valence-electron chi connectivity index (χ3n) is 6.20. The largest absolute Gasteiger partial charge is 0.495 e. The monoisotopic (exact) mass is 543 g/mol. The zero-order valence-electron chi connectivity index (χ0n) is 20.8. The first kappa shape index (κ1) is 26.6. The Morgan fingerprint density at radius 1 is 0.838 bits per heavy atom. The number of hydrogen-bond donors (Lipinski definition) is 2. The van der Waals surface area contributed by atoms with E-state index in [1.54, 1.807) is 31.2 Å². The molecule has 3 aromatic rings. The summed E-state index contributed by atoms with van der Waals surface area (Å²) in [6.07, 6.45) is 1.62. The van der Waals surface area contributed by atoms with E-state index >= 15 is 0 Å². The minimum atomic E-state index is -3.87. The second-order valence-electron chi connectivity index (χ2n) is 8.88. The molecule has 196 valence electrons. The van der Waals surface area contributed by atoms with Crippen molar-refractivity contribution in [2.45, 2.75) is 36.5 Å². The fraction of sp³-hybridized carbons (Fsp3) is 0.269. The van der Waals surface area contributed by atoms with Crippen molar-refractivity contribution in [3.63, 3.8) is 0 Å². The number of nitrogens with zero attached hydrogens (tertiary/aromatic N) is 1. The number of rotatable bonds is 8. The summed E-state index contributed by atoms with van der Waals surface area (Å²) in [7, 11) is -6.15. The number of benzene rings is 3. The summed E-state index contributed by atoms with van der Waals surface area (Å²) >= 11 is 0. The first-order valence-corrected chi connectivity index (χ1v) is 14.6. The van der Waals surface area contributed by atoms with Crippen molar-refractivity contribution in [1.82, 2.24) is 4.31 Å². The smallest absolute Gasteiger partial charge is 0.261 e. The van der Waals surface area contributed by atoms with Gasteiger partial charge in [0.1, 0.15) is 5.75 Å². The van der Waals surface area contributed by atoms with E-state index < -0.39 is 26.0 Å². The molecule has 9 nitrogen and oxygen atoms in total. The van der Waals surface area contributed by atoms with E-state index in [1.165, 1.54) is 47.8 Å². The fourth-order valence-corrected chi connectivity index (χ4v) is 6.68. The van der Waals surface area contributed by atoms with Crippen molar-refractivity contribution in [3.05, 3.63) is 77.4 Å². The lowest BCUT2D eigenvalue weighted by molar-refractivity contribution is 0.102. The van der Waals surface area contributed by atoms with Crippen LogP contribution in [0.15, 0.2) is 70.5 Å². The van der Waals surface area contributed by atoms with E-state index in [-0.39, 0.29) is 26.7 Å². The second kappa shape index (κ2) is 10.5. The number of carbonyl (C=O) groups is 1. The SMILES string of the molecule is COc1ccc(S(=O)(=O)N2CCCC2)cc1NC(=O)c1ccc(C)c(NS(=O)(=O)c2ccc(C)cc2)c1. The Kier molecular flexibility index (Phi) is 7.58. The van der Waals surface area contributed by atoms with Crippen LogP contribution in [0.1, 0.15) is 34.3 Å². The summed E-state index contributed by atoms with van der Waals surface area (Å²) in [6, 6.07) is 15.4. The lowest BCUT2D eigenvalue weighted by atomic mass is 10.1. The van der Waals surface area contributed by atoms with Crippen molar-refractivity contribution >= 4 is 37.3 Å². The Hall–Kier alpha value is -3.41. The average molecular weight is 544 g/mol. The Morgan fingerprint density at radius 3 is 2.14 bits per heavy atom. The van der Waals surface area contributed by atoms with E-state index in [9.17, 15) is 21.6 Å². The molecule has 0 saturated carbocycles. The standard InChI is InChI=1S/C26H29N3O6S2/c1-18-6-10-21(11-7-18)36(31,32)28-23-16-20(9-8-19(23)2)26(30)27-24-17-22(12-13-25(24)35-3)37(33,34)29-14-4-5-15-29/h6-13,16-17,28H,4-5,14-15H2,1-3H3,(H,27,30). The molecule has 0 radical (unpaired) electrons. The van der Waals surface area contributed by atoms with Crippen LogP contribution in [0.5, 0.6) is 5.75 Å². The highest BCUT2D eigenvalue weighted by atomic mass is 32.2. The Morgan fingerprint density at radius 2 is 1.49 bits per heavy atom. The van der Waals surface area contributed by atoms with Crippen LogP contribution in [-0.4, -0.2) is 47.2 Å². The quantitative estimate of drug-likeness (QED) is 0.440. The highest BCUT2D eigenvalue weighted by molar-refractivity contribution is 7.92. The number of aryl methyl sites for hydroxylation is 2. The molecule has 0 atom stereocenters. The van der Waals surface area contributed by atoms with Crippen molar-refractivity contribution < 1.29 is 26.4 Å². The van der Waals surface area contributed by atoms with Gasteiger partial charge in [0.15, 0.2) is 0 Å². The minimum absolute atomic E-state index is 0.0564. The number of hydrogen-bond acceptors (Lipinski definition) is 6. The first-order valence-electron chi connectivity index (χ1n) is 11.7. The van der Waals surface area contributed by atoms with Gasteiger partial charge in [-0.3, -0.25) is 9.52 Å². The van der Waals surface area contributed by atoms with Gasteiger partial charge in [-0.25, -0.2) is 16.8 Å². The molecule has 4 rings (SSSR count). The molecule has 1 fully saturated rings. The number of carbonyl (C=O) groups excluding carboxylic acids is 1. The molecule has 0 bridgehead atoms. The van der Waals surface area contributed by atoms with E-state index in [4.69, 9.17) is 4.74 Å². The molecule has 3 aromatic carbocycles. The van der Waals surface area contributed by atoms with Crippen molar-refractivity contribution in [1.29, 1.82) is 0 Å². The number of nitrogens with one attached hydrogen (secondary N) is 2. The summed E-state index contributed by atoms with van der Waals surface area (Å²) in [5, 5.41) is 2.70. The van der Waals surface area contributed by atoms with Crippen LogP contribution in [0.2, 0.25) is 0 Å². The molecule has 1 heterocycles. The van der Waals surface area contributed by atoms with Crippen LogP contribution >= 0.6 is 0 Å². The summed E-state index contributed by atoms with van der Waals surface area (Å²) in [6.45, 7) is 4.51. The summed E-state index contributed by atoms with van der Waals surface area (Å²) in [4.78, 5) is 13.3. The summed E-state index contributed by atoms with van der Waals surface area (Å²) in [5.41, 5.74) is 2.19. The molecule has 1 aliphatic rings. The van der Waals surface area contributed by atoms with E-state index in [2.05, 4.69) is 10.0 Å². The molecule has 0 spiro atoms. The predicted molar refractivity (Wildman–Crippen MR) is 142 cm³/mol. The highest BCUT2D eigenvalue weighted by Gasteiger charge is 2.28. The number of sulfonamides is 2. The number of methoxy groups -OCH3 is 1. The van der Waals surface area contributed by atoms with Gasteiger partial charge in [0.2, 0.25) is 10.0 Å². The van der Waals surface area contributed by atoms with Gasteiger partial charge < -0.3 is 10.1 Å². The highest BCUT2D eigenvalue weighted by Crippen LogP contribution is 2.31. The summed E-state index contributed by atoms with van der Waals surface area (Å²) < 4.78 is 61.0. The third kappa shape index (κ3) is 5.79. The summed E-state index contributed by atoms with van der Waals surface area (Å²) in [5.74, 6) is -0.258. The molecule has 37 heavy (non-hydrogen) atoms. The van der Waals surface area contributed by atoms with Crippen LogP contribution < -0.4 is 14.8 Å². The lowest BCUT2D eigenvalue weighted by Crippen LogP contribution is -2.28. The molecular weight excluding hydrogens is 514 g/mol. The molecule has 0 unspecified atom stereocenters. The first-order chi connectivity index (χ1) is 17.5. The minimum Gasteiger partial charge on any atom is -0.495 e. The van der Waals surface area contributed by atoms with Gasteiger partial charge in [0, 0.05) is 18.7 Å². The molecule has 1 amide bonds. The maximum Gasteiger partial charge on any atom is 0.261 e. The molecule has 0 aliphatic carbocycles. The maximum atomic E-state index is 13.1. The van der Waals surface area contributed by atoms with Gasteiger partial charge >= 0.3 is 0 Å². The third-order valence-corrected chi connectivity index (χ3v) is 9.47. The van der Waals surface area contributed by atoms with Crippen molar-refractivity contribution in [2.24, 2.45) is 0 Å². The molecule has 2 N–H and O–H groups in total. The molecule has 11 heteroatoms. The second-order valence-corrected chi connectivity index (χ2v) is 12.5. The normalized spacial score (nSPS) is 14.4. The Bertz CT molecular complexity index is 1530. The van der Waals surface area contributed by atoms with E-state index in [1.807, 2.05) is 6.92 Å². The fourth-order valence-electron chi connectivity index (χ4n) is 4.01. The topological polar surface area (TPSA) is 122 Å². The van der Waals surface area contributed by atoms with Gasteiger partial charge in [-0.05, 0) is 74.7 Å². The molecule has 0 aromatic heterocycles. The van der Waals surface area contributed by atoms with Gasteiger partial charge in [-0.2, -0.15) is 4.31 Å². The number of anilines is 2. The van der Waals surface area contributed by atoms with Crippen molar-refractivity contribution in [3.8, 4) is 5.75 Å². The number of amides is 1. The van der Waals surface area contributed by atoms with E-state index in [0.29, 0.717) is 24.4 Å². The zero-order chi connectivity index (χ0) is 26.8. The van der Waals surface area contributed by atoms with Crippen LogP contribution in [0.3, 0.4) is 0 Å². The Balaban J connectivity index is 1.60. The maximum absolute atomic E-state index is 13.1. The number of ether oxygens (including phenoxy) is 1. The van der Waals surface area contributed by atoms with Gasteiger partial charge in [-0.1, -0.05) is 23.8 Å². The van der Waals surface area contributed by atoms with Crippen LogP contribution in [0.4, 0.5) is 11.4 Å². The van der Waals surface area contributed by atoms with Crippen molar-refractivity contribution in [2.75, 3.05) is 30.2 Å². The lowest BCUT2D eigenvalue weighted by Gasteiger charge is -2.18. The Labute approximate surface area is 217 Å². The van der Waals surface area contributed by atoms with Gasteiger partial charge in [0.25, 0.3) is 15.9 Å².